The maximum absolute atomic E-state index is 5.71. The minimum absolute atomic E-state index is 0.321. The summed E-state index contributed by atoms with van der Waals surface area (Å²) in [5.41, 5.74) is 6.61. The number of rotatable bonds is 1. The average Bonchev–Trinajstić information content (AvgIpc) is 1.88. The lowest BCUT2D eigenvalue weighted by atomic mass is 10.1. The average molecular weight is 203 g/mol. The molecule has 0 saturated carbocycles. The van der Waals surface area contributed by atoms with E-state index in [1.807, 2.05) is 13.1 Å². The first-order valence-corrected chi connectivity index (χ1v) is 4.03. The fraction of sp³-hybridized carbons (Fsp3) is 0.429. The molecule has 2 nitrogen and oxygen atoms in total. The molecule has 0 aromatic heterocycles. The van der Waals surface area contributed by atoms with E-state index in [4.69, 9.17) is 5.73 Å². The van der Waals surface area contributed by atoms with E-state index in [0.29, 0.717) is 6.04 Å². The van der Waals surface area contributed by atoms with Crippen molar-refractivity contribution in [1.82, 2.24) is 5.32 Å². The van der Waals surface area contributed by atoms with Gasteiger partial charge in [-0.05, 0) is 19.5 Å². The first-order chi connectivity index (χ1) is 4.74. The van der Waals surface area contributed by atoms with Crippen LogP contribution in [0, 0.1) is 0 Å². The van der Waals surface area contributed by atoms with Crippen molar-refractivity contribution < 1.29 is 0 Å². The van der Waals surface area contributed by atoms with Crippen molar-refractivity contribution in [3.63, 3.8) is 0 Å². The molecule has 0 aromatic rings. The summed E-state index contributed by atoms with van der Waals surface area (Å²) in [6, 6.07) is 0.321. The highest BCUT2D eigenvalue weighted by Gasteiger charge is 2.11. The smallest absolute Gasteiger partial charge is 0.0500 e. The SMILES string of the molecule is CNC1CC=C(Br)C=C1N. The van der Waals surface area contributed by atoms with Crippen molar-refractivity contribution >= 4 is 15.9 Å². The lowest BCUT2D eigenvalue weighted by molar-refractivity contribution is 0.631. The second kappa shape index (κ2) is 3.21. The van der Waals surface area contributed by atoms with Gasteiger partial charge >= 0.3 is 0 Å². The molecule has 0 amide bonds. The fourth-order valence-electron chi connectivity index (χ4n) is 0.970. The first-order valence-electron chi connectivity index (χ1n) is 3.24. The maximum atomic E-state index is 5.71. The standard InChI is InChI=1S/C7H11BrN2/c1-10-7-3-2-5(8)4-6(7)9/h2,4,7,10H,3,9H2,1H3. The van der Waals surface area contributed by atoms with Crippen molar-refractivity contribution in [3.05, 3.63) is 22.3 Å². The van der Waals surface area contributed by atoms with Crippen LogP contribution in [0.1, 0.15) is 6.42 Å². The van der Waals surface area contributed by atoms with E-state index in [0.717, 1.165) is 16.6 Å². The molecular formula is C7H11BrN2. The number of hydrogen-bond acceptors (Lipinski definition) is 2. The molecule has 3 heteroatoms. The van der Waals surface area contributed by atoms with Crippen LogP contribution in [-0.4, -0.2) is 13.1 Å². The zero-order valence-electron chi connectivity index (χ0n) is 5.89. The summed E-state index contributed by atoms with van der Waals surface area (Å²) >= 11 is 3.36. The Morgan fingerprint density at radius 2 is 2.50 bits per heavy atom. The van der Waals surface area contributed by atoms with Crippen LogP contribution in [0.25, 0.3) is 0 Å². The molecule has 1 unspecified atom stereocenters. The predicted molar refractivity (Wildman–Crippen MR) is 46.7 cm³/mol. The van der Waals surface area contributed by atoms with Crippen molar-refractivity contribution in [2.24, 2.45) is 5.73 Å². The van der Waals surface area contributed by atoms with Gasteiger partial charge in [-0.25, -0.2) is 0 Å². The molecule has 0 radical (unpaired) electrons. The minimum atomic E-state index is 0.321. The summed E-state index contributed by atoms with van der Waals surface area (Å²) in [4.78, 5) is 0. The molecule has 0 bridgehead atoms. The summed E-state index contributed by atoms with van der Waals surface area (Å²) in [5.74, 6) is 0. The number of halogens is 1. The number of nitrogens with one attached hydrogen (secondary N) is 1. The van der Waals surface area contributed by atoms with E-state index in [-0.39, 0.29) is 0 Å². The van der Waals surface area contributed by atoms with E-state index < -0.39 is 0 Å². The van der Waals surface area contributed by atoms with Gasteiger partial charge in [0, 0.05) is 10.2 Å². The molecule has 0 aromatic carbocycles. The molecule has 56 valence electrons. The van der Waals surface area contributed by atoms with Crippen LogP contribution in [0.4, 0.5) is 0 Å². The highest BCUT2D eigenvalue weighted by molar-refractivity contribution is 9.11. The third-order valence-electron chi connectivity index (χ3n) is 1.60. The van der Waals surface area contributed by atoms with Gasteiger partial charge in [0.25, 0.3) is 0 Å². The van der Waals surface area contributed by atoms with Crippen molar-refractivity contribution in [1.29, 1.82) is 0 Å². The van der Waals surface area contributed by atoms with E-state index in [1.54, 1.807) is 0 Å². The summed E-state index contributed by atoms with van der Waals surface area (Å²) in [6.07, 6.45) is 5.02. The molecule has 0 saturated heterocycles. The third-order valence-corrected chi connectivity index (χ3v) is 2.16. The second-order valence-electron chi connectivity index (χ2n) is 2.31. The van der Waals surface area contributed by atoms with Gasteiger partial charge in [0.05, 0.1) is 6.04 Å². The predicted octanol–water partition coefficient (Wildman–Crippen LogP) is 1.10. The zero-order chi connectivity index (χ0) is 7.56. The van der Waals surface area contributed by atoms with Gasteiger partial charge in [0.1, 0.15) is 0 Å². The van der Waals surface area contributed by atoms with Crippen LogP contribution in [0.5, 0.6) is 0 Å². The number of likely N-dealkylation sites (N-methyl/N-ethyl adjacent to an activating group) is 1. The Morgan fingerprint density at radius 3 is 3.00 bits per heavy atom. The Kier molecular flexibility index (Phi) is 2.51. The lowest BCUT2D eigenvalue weighted by Gasteiger charge is -2.18. The second-order valence-corrected chi connectivity index (χ2v) is 3.23. The van der Waals surface area contributed by atoms with E-state index >= 15 is 0 Å². The Bertz CT molecular complexity index is 184. The number of allylic oxidation sites excluding steroid dienone is 2. The van der Waals surface area contributed by atoms with Gasteiger partial charge < -0.3 is 11.1 Å². The highest BCUT2D eigenvalue weighted by Crippen LogP contribution is 2.18. The van der Waals surface area contributed by atoms with Crippen LogP contribution in [-0.2, 0) is 0 Å². The molecule has 1 rings (SSSR count). The Labute approximate surface area is 69.3 Å². The topological polar surface area (TPSA) is 38.0 Å². The Morgan fingerprint density at radius 1 is 1.80 bits per heavy atom. The molecule has 0 fully saturated rings. The van der Waals surface area contributed by atoms with Gasteiger partial charge in [0.2, 0.25) is 0 Å². The number of hydrogen-bond donors (Lipinski definition) is 2. The van der Waals surface area contributed by atoms with Crippen LogP contribution in [0.3, 0.4) is 0 Å². The van der Waals surface area contributed by atoms with Crippen LogP contribution in [0.15, 0.2) is 22.3 Å². The monoisotopic (exact) mass is 202 g/mol. The largest absolute Gasteiger partial charge is 0.401 e. The lowest BCUT2D eigenvalue weighted by Crippen LogP contribution is -2.32. The summed E-state index contributed by atoms with van der Waals surface area (Å²) in [5, 5.41) is 3.12. The van der Waals surface area contributed by atoms with Gasteiger partial charge in [-0.2, -0.15) is 0 Å². The minimum Gasteiger partial charge on any atom is -0.401 e. The zero-order valence-corrected chi connectivity index (χ0v) is 7.48. The normalized spacial score (nSPS) is 25.6. The van der Waals surface area contributed by atoms with E-state index in [9.17, 15) is 0 Å². The quantitative estimate of drug-likeness (QED) is 0.669. The van der Waals surface area contributed by atoms with Gasteiger partial charge in [0.15, 0.2) is 0 Å². The maximum Gasteiger partial charge on any atom is 0.0500 e. The van der Waals surface area contributed by atoms with Crippen molar-refractivity contribution in [2.45, 2.75) is 12.5 Å². The molecule has 3 N–H and O–H groups in total. The summed E-state index contributed by atoms with van der Waals surface area (Å²) < 4.78 is 1.08. The fourth-order valence-corrected chi connectivity index (χ4v) is 1.42. The summed E-state index contributed by atoms with van der Waals surface area (Å²) in [7, 11) is 1.92. The van der Waals surface area contributed by atoms with Gasteiger partial charge in [-0.1, -0.05) is 22.0 Å². The van der Waals surface area contributed by atoms with Crippen LogP contribution in [0.2, 0.25) is 0 Å². The summed E-state index contributed by atoms with van der Waals surface area (Å²) in [6.45, 7) is 0. The van der Waals surface area contributed by atoms with E-state index in [1.165, 1.54) is 0 Å². The molecule has 0 heterocycles. The Hall–Kier alpha value is -0.280. The van der Waals surface area contributed by atoms with Crippen LogP contribution < -0.4 is 11.1 Å². The van der Waals surface area contributed by atoms with E-state index in [2.05, 4.69) is 27.3 Å². The van der Waals surface area contributed by atoms with Gasteiger partial charge in [-0.3, -0.25) is 0 Å². The molecule has 1 aliphatic carbocycles. The van der Waals surface area contributed by atoms with Gasteiger partial charge in [-0.15, -0.1) is 0 Å². The number of nitrogens with two attached hydrogens (primary N) is 1. The Balaban J connectivity index is 2.68. The van der Waals surface area contributed by atoms with Crippen LogP contribution >= 0.6 is 15.9 Å². The molecular weight excluding hydrogens is 192 g/mol. The van der Waals surface area contributed by atoms with Crippen molar-refractivity contribution in [3.8, 4) is 0 Å². The molecule has 0 aliphatic heterocycles. The first kappa shape index (κ1) is 7.82. The third kappa shape index (κ3) is 1.61. The molecule has 1 aliphatic rings. The highest BCUT2D eigenvalue weighted by atomic mass is 79.9. The molecule has 10 heavy (non-hydrogen) atoms. The van der Waals surface area contributed by atoms with Crippen molar-refractivity contribution in [2.75, 3.05) is 7.05 Å². The molecule has 0 spiro atoms. The molecule has 1 atom stereocenters.